The summed E-state index contributed by atoms with van der Waals surface area (Å²) in [5.41, 5.74) is 0.777. The zero-order valence-corrected chi connectivity index (χ0v) is 9.99. The SMILES string of the molecule is c1cn2cnnc2c(NC2CCOC2C2CC2)n1. The predicted molar refractivity (Wildman–Crippen MR) is 65.3 cm³/mol. The zero-order chi connectivity index (χ0) is 11.9. The van der Waals surface area contributed by atoms with Crippen LogP contribution in [-0.4, -0.2) is 38.3 Å². The summed E-state index contributed by atoms with van der Waals surface area (Å²) >= 11 is 0. The lowest BCUT2D eigenvalue weighted by atomic mass is 10.1. The molecule has 2 unspecified atom stereocenters. The first-order chi connectivity index (χ1) is 8.92. The molecule has 94 valence electrons. The Hall–Kier alpha value is -1.69. The lowest BCUT2D eigenvalue weighted by molar-refractivity contribution is 0.0898. The lowest BCUT2D eigenvalue weighted by Crippen LogP contribution is -2.31. The fraction of sp³-hybridized carbons (Fsp3) is 0.583. The molecule has 18 heavy (non-hydrogen) atoms. The van der Waals surface area contributed by atoms with E-state index in [2.05, 4.69) is 20.5 Å². The average Bonchev–Trinajstić information content (AvgIpc) is 2.93. The molecule has 0 spiro atoms. The van der Waals surface area contributed by atoms with E-state index in [1.54, 1.807) is 12.5 Å². The minimum atomic E-state index is 0.343. The van der Waals surface area contributed by atoms with Crippen molar-refractivity contribution in [1.82, 2.24) is 19.6 Å². The van der Waals surface area contributed by atoms with E-state index in [9.17, 15) is 0 Å². The van der Waals surface area contributed by atoms with Gasteiger partial charge in [0, 0.05) is 19.0 Å². The first-order valence-corrected chi connectivity index (χ1v) is 6.44. The maximum absolute atomic E-state index is 5.82. The van der Waals surface area contributed by atoms with Gasteiger partial charge in [0.05, 0.1) is 12.1 Å². The lowest BCUT2D eigenvalue weighted by Gasteiger charge is -2.19. The second-order valence-electron chi connectivity index (χ2n) is 5.05. The van der Waals surface area contributed by atoms with Crippen LogP contribution in [0.1, 0.15) is 19.3 Å². The van der Waals surface area contributed by atoms with Crippen molar-refractivity contribution < 1.29 is 4.74 Å². The van der Waals surface area contributed by atoms with Gasteiger partial charge in [-0.2, -0.15) is 0 Å². The van der Waals surface area contributed by atoms with Crippen LogP contribution in [0.3, 0.4) is 0 Å². The molecule has 0 amide bonds. The number of nitrogens with zero attached hydrogens (tertiary/aromatic N) is 4. The van der Waals surface area contributed by atoms with Gasteiger partial charge in [-0.05, 0) is 25.2 Å². The van der Waals surface area contributed by atoms with E-state index in [1.165, 1.54) is 12.8 Å². The maximum atomic E-state index is 5.82. The number of hydrogen-bond acceptors (Lipinski definition) is 5. The molecule has 2 aliphatic rings. The van der Waals surface area contributed by atoms with Crippen molar-refractivity contribution in [3.05, 3.63) is 18.7 Å². The van der Waals surface area contributed by atoms with Crippen LogP contribution in [0.25, 0.3) is 5.65 Å². The molecule has 2 aromatic rings. The molecular formula is C12H15N5O. The summed E-state index contributed by atoms with van der Waals surface area (Å²) < 4.78 is 7.69. The third kappa shape index (κ3) is 1.64. The van der Waals surface area contributed by atoms with Gasteiger partial charge in [0.1, 0.15) is 6.33 Å². The van der Waals surface area contributed by atoms with Crippen LogP contribution in [-0.2, 0) is 4.74 Å². The number of rotatable bonds is 3. The summed E-state index contributed by atoms with van der Waals surface area (Å²) in [6.45, 7) is 0.842. The van der Waals surface area contributed by atoms with Crippen LogP contribution in [0.5, 0.6) is 0 Å². The molecule has 4 rings (SSSR count). The van der Waals surface area contributed by atoms with Gasteiger partial charge >= 0.3 is 0 Å². The Morgan fingerprint density at radius 1 is 1.33 bits per heavy atom. The molecule has 6 heteroatoms. The highest BCUT2D eigenvalue weighted by molar-refractivity contribution is 5.62. The maximum Gasteiger partial charge on any atom is 0.203 e. The Kier molecular flexibility index (Phi) is 2.23. The van der Waals surface area contributed by atoms with Gasteiger partial charge in [-0.1, -0.05) is 0 Å². The molecule has 6 nitrogen and oxygen atoms in total. The zero-order valence-electron chi connectivity index (χ0n) is 9.99. The predicted octanol–water partition coefficient (Wildman–Crippen LogP) is 1.10. The molecule has 0 bridgehead atoms. The fourth-order valence-electron chi connectivity index (χ4n) is 2.69. The molecule has 3 heterocycles. The summed E-state index contributed by atoms with van der Waals surface area (Å²) in [5.74, 6) is 1.54. The van der Waals surface area contributed by atoms with Gasteiger partial charge in [-0.15, -0.1) is 10.2 Å². The monoisotopic (exact) mass is 245 g/mol. The summed E-state index contributed by atoms with van der Waals surface area (Å²) in [6.07, 6.45) is 9.28. The largest absolute Gasteiger partial charge is 0.376 e. The standard InChI is InChI=1S/C12H15N5O/c1-2-8(1)10-9(3-6-18-10)15-11-12-16-14-7-17(12)5-4-13-11/h4-5,7-10H,1-3,6H2,(H,13,15). The van der Waals surface area contributed by atoms with Crippen LogP contribution in [0.15, 0.2) is 18.7 Å². The summed E-state index contributed by atoms with van der Waals surface area (Å²) in [7, 11) is 0. The number of aromatic nitrogens is 4. The van der Waals surface area contributed by atoms with E-state index in [-0.39, 0.29) is 0 Å². The van der Waals surface area contributed by atoms with Gasteiger partial charge in [0.15, 0.2) is 5.82 Å². The van der Waals surface area contributed by atoms with E-state index in [1.807, 2.05) is 10.6 Å². The third-order valence-corrected chi connectivity index (χ3v) is 3.76. The van der Waals surface area contributed by atoms with Crippen molar-refractivity contribution in [3.63, 3.8) is 0 Å². The van der Waals surface area contributed by atoms with E-state index in [4.69, 9.17) is 4.74 Å². The Bertz CT molecular complexity index is 564. The highest BCUT2D eigenvalue weighted by atomic mass is 16.5. The smallest absolute Gasteiger partial charge is 0.203 e. The molecule has 0 aromatic carbocycles. The molecular weight excluding hydrogens is 230 g/mol. The van der Waals surface area contributed by atoms with Gasteiger partial charge in [0.25, 0.3) is 0 Å². The highest BCUT2D eigenvalue weighted by Crippen LogP contribution is 2.39. The Balaban J connectivity index is 1.61. The van der Waals surface area contributed by atoms with Crippen molar-refractivity contribution >= 4 is 11.5 Å². The first-order valence-electron chi connectivity index (χ1n) is 6.44. The van der Waals surface area contributed by atoms with Gasteiger partial charge < -0.3 is 10.1 Å². The second-order valence-corrected chi connectivity index (χ2v) is 5.05. The number of anilines is 1. The molecule has 2 fully saturated rings. The topological polar surface area (TPSA) is 64.3 Å². The molecule has 1 N–H and O–H groups in total. The van der Waals surface area contributed by atoms with E-state index in [0.717, 1.165) is 30.4 Å². The van der Waals surface area contributed by atoms with Crippen LogP contribution in [0, 0.1) is 5.92 Å². The van der Waals surface area contributed by atoms with Crippen molar-refractivity contribution in [2.24, 2.45) is 5.92 Å². The number of hydrogen-bond donors (Lipinski definition) is 1. The van der Waals surface area contributed by atoms with Crippen LogP contribution >= 0.6 is 0 Å². The number of ether oxygens (including phenoxy) is 1. The van der Waals surface area contributed by atoms with Crippen LogP contribution in [0.2, 0.25) is 0 Å². The molecule has 0 radical (unpaired) electrons. The second kappa shape index (κ2) is 3.91. The van der Waals surface area contributed by atoms with Crippen molar-refractivity contribution in [2.75, 3.05) is 11.9 Å². The fourth-order valence-corrected chi connectivity index (χ4v) is 2.69. The number of nitrogens with one attached hydrogen (secondary N) is 1. The molecule has 1 saturated heterocycles. The van der Waals surface area contributed by atoms with Crippen LogP contribution in [0.4, 0.5) is 5.82 Å². The van der Waals surface area contributed by atoms with Crippen molar-refractivity contribution in [1.29, 1.82) is 0 Å². The van der Waals surface area contributed by atoms with Crippen molar-refractivity contribution in [2.45, 2.75) is 31.4 Å². The molecule has 1 saturated carbocycles. The van der Waals surface area contributed by atoms with E-state index in [0.29, 0.717) is 12.1 Å². The molecule has 2 aromatic heterocycles. The highest BCUT2D eigenvalue weighted by Gasteiger charge is 2.40. The van der Waals surface area contributed by atoms with Gasteiger partial charge in [-0.25, -0.2) is 4.98 Å². The third-order valence-electron chi connectivity index (χ3n) is 3.76. The number of fused-ring (bicyclic) bond motifs is 1. The Morgan fingerprint density at radius 3 is 3.17 bits per heavy atom. The molecule has 1 aliphatic heterocycles. The minimum Gasteiger partial charge on any atom is -0.376 e. The summed E-state index contributed by atoms with van der Waals surface area (Å²) in [6, 6.07) is 0.355. The Morgan fingerprint density at radius 2 is 2.28 bits per heavy atom. The van der Waals surface area contributed by atoms with Gasteiger partial charge in [-0.3, -0.25) is 4.40 Å². The normalized spacial score (nSPS) is 27.8. The van der Waals surface area contributed by atoms with Gasteiger partial charge in [0.2, 0.25) is 5.65 Å². The summed E-state index contributed by atoms with van der Waals surface area (Å²) in [4.78, 5) is 4.37. The minimum absolute atomic E-state index is 0.343. The molecule has 1 aliphatic carbocycles. The van der Waals surface area contributed by atoms with E-state index >= 15 is 0 Å². The first kappa shape index (κ1) is 10.3. The average molecular weight is 245 g/mol. The Labute approximate surface area is 104 Å². The molecule has 2 atom stereocenters. The van der Waals surface area contributed by atoms with Crippen molar-refractivity contribution in [3.8, 4) is 0 Å². The summed E-state index contributed by atoms with van der Waals surface area (Å²) in [5, 5.41) is 11.5. The quantitative estimate of drug-likeness (QED) is 0.877. The van der Waals surface area contributed by atoms with E-state index < -0.39 is 0 Å². The van der Waals surface area contributed by atoms with Crippen LogP contribution < -0.4 is 5.32 Å².